The van der Waals surface area contributed by atoms with E-state index in [0.717, 1.165) is 0 Å². The van der Waals surface area contributed by atoms with Gasteiger partial charge in [0, 0.05) is 11.4 Å². The number of benzene rings is 1. The smallest absolute Gasteiger partial charge is 0.297 e. The number of anilines is 1. The van der Waals surface area contributed by atoms with E-state index < -0.39 is 12.2 Å². The van der Waals surface area contributed by atoms with Crippen LogP contribution in [0.4, 0.5) is 14.6 Å². The molecule has 0 bridgehead atoms. The van der Waals surface area contributed by atoms with Crippen LogP contribution in [0, 0.1) is 0 Å². The lowest BCUT2D eigenvalue weighted by Crippen LogP contribution is -2.12. The molecule has 3 rings (SSSR count). The lowest BCUT2D eigenvalue weighted by atomic mass is 10.2. The van der Waals surface area contributed by atoms with Crippen molar-refractivity contribution in [2.75, 3.05) is 5.32 Å². The lowest BCUT2D eigenvalue weighted by Gasteiger charge is -2.13. The number of nitrogens with one attached hydrogen (secondary N) is 1. The standard InChI is InChI=1S/C15H16F2N6/c1-9(2)23-8-19-22-12(23)7-18-14-10-5-3-4-6-11(10)20-15(21-14)13(16)17/h3-6,8-9,13H,7H2,1-2H3,(H,18,20,21). The third kappa shape index (κ3) is 3.10. The van der Waals surface area contributed by atoms with Crippen molar-refractivity contribution in [3.63, 3.8) is 0 Å². The first kappa shape index (κ1) is 15.3. The number of hydrogen-bond acceptors (Lipinski definition) is 5. The van der Waals surface area contributed by atoms with Crippen molar-refractivity contribution in [3.8, 4) is 0 Å². The van der Waals surface area contributed by atoms with Gasteiger partial charge in [-0.1, -0.05) is 12.1 Å². The maximum Gasteiger partial charge on any atom is 0.297 e. The summed E-state index contributed by atoms with van der Waals surface area (Å²) in [6, 6.07) is 7.25. The summed E-state index contributed by atoms with van der Waals surface area (Å²) in [6.07, 6.45) is -1.08. The molecular formula is C15H16F2N6. The van der Waals surface area contributed by atoms with E-state index in [9.17, 15) is 8.78 Å². The molecule has 0 aliphatic rings. The number of para-hydroxylation sites is 1. The highest BCUT2D eigenvalue weighted by Crippen LogP contribution is 2.24. The Morgan fingerprint density at radius 3 is 2.70 bits per heavy atom. The summed E-state index contributed by atoms with van der Waals surface area (Å²) in [5, 5.41) is 11.7. The van der Waals surface area contributed by atoms with Crippen molar-refractivity contribution < 1.29 is 8.78 Å². The fraction of sp³-hybridized carbons (Fsp3) is 0.333. The average molecular weight is 318 g/mol. The monoisotopic (exact) mass is 318 g/mol. The topological polar surface area (TPSA) is 68.5 Å². The largest absolute Gasteiger partial charge is 0.362 e. The minimum atomic E-state index is -2.72. The molecule has 0 saturated heterocycles. The van der Waals surface area contributed by atoms with E-state index in [1.165, 1.54) is 0 Å². The summed E-state index contributed by atoms with van der Waals surface area (Å²) in [5.74, 6) is 0.585. The van der Waals surface area contributed by atoms with Gasteiger partial charge < -0.3 is 9.88 Å². The number of nitrogens with zero attached hydrogens (tertiary/aromatic N) is 5. The molecule has 3 aromatic rings. The van der Waals surface area contributed by atoms with Crippen LogP contribution in [0.5, 0.6) is 0 Å². The van der Waals surface area contributed by atoms with E-state index in [-0.39, 0.29) is 6.04 Å². The Kier molecular flexibility index (Phi) is 4.14. The van der Waals surface area contributed by atoms with Crippen molar-refractivity contribution >= 4 is 16.7 Å². The Morgan fingerprint density at radius 2 is 1.96 bits per heavy atom. The van der Waals surface area contributed by atoms with Crippen LogP contribution in [-0.2, 0) is 6.54 Å². The first-order chi connectivity index (χ1) is 11.1. The van der Waals surface area contributed by atoms with Gasteiger partial charge >= 0.3 is 0 Å². The summed E-state index contributed by atoms with van der Waals surface area (Å²) in [4.78, 5) is 7.84. The van der Waals surface area contributed by atoms with Crippen molar-refractivity contribution in [1.82, 2.24) is 24.7 Å². The van der Waals surface area contributed by atoms with Gasteiger partial charge in [0.25, 0.3) is 6.43 Å². The molecule has 0 amide bonds. The van der Waals surface area contributed by atoms with Crippen LogP contribution < -0.4 is 5.32 Å². The molecule has 0 saturated carbocycles. The minimum Gasteiger partial charge on any atom is -0.362 e. The van der Waals surface area contributed by atoms with Crippen LogP contribution in [0.1, 0.15) is 38.0 Å². The number of fused-ring (bicyclic) bond motifs is 1. The number of aromatic nitrogens is 5. The summed E-state index contributed by atoms with van der Waals surface area (Å²) in [7, 11) is 0. The molecule has 2 aromatic heterocycles. The van der Waals surface area contributed by atoms with E-state index >= 15 is 0 Å². The fourth-order valence-electron chi connectivity index (χ4n) is 2.31. The highest BCUT2D eigenvalue weighted by atomic mass is 19.3. The molecule has 1 N–H and O–H groups in total. The van der Waals surface area contributed by atoms with Gasteiger partial charge in [-0.25, -0.2) is 18.7 Å². The predicted molar refractivity (Wildman–Crippen MR) is 82.2 cm³/mol. The van der Waals surface area contributed by atoms with Gasteiger partial charge in [0.15, 0.2) is 11.6 Å². The Labute approximate surface area is 131 Å². The van der Waals surface area contributed by atoms with Gasteiger partial charge in [-0.3, -0.25) is 0 Å². The van der Waals surface area contributed by atoms with Crippen LogP contribution in [0.15, 0.2) is 30.6 Å². The first-order valence-corrected chi connectivity index (χ1v) is 7.23. The highest BCUT2D eigenvalue weighted by Gasteiger charge is 2.15. The van der Waals surface area contributed by atoms with E-state index in [1.807, 2.05) is 24.5 Å². The Hall–Kier alpha value is -2.64. The second kappa shape index (κ2) is 6.23. The zero-order valence-corrected chi connectivity index (χ0v) is 12.7. The zero-order chi connectivity index (χ0) is 16.4. The van der Waals surface area contributed by atoms with Crippen LogP contribution in [0.2, 0.25) is 0 Å². The second-order valence-electron chi connectivity index (χ2n) is 5.35. The van der Waals surface area contributed by atoms with Gasteiger partial charge in [-0.2, -0.15) is 0 Å². The highest BCUT2D eigenvalue weighted by molar-refractivity contribution is 5.88. The van der Waals surface area contributed by atoms with E-state index in [0.29, 0.717) is 29.1 Å². The van der Waals surface area contributed by atoms with Gasteiger partial charge in [0.05, 0.1) is 12.1 Å². The molecule has 0 atom stereocenters. The van der Waals surface area contributed by atoms with Crippen LogP contribution in [-0.4, -0.2) is 24.7 Å². The van der Waals surface area contributed by atoms with Crippen LogP contribution in [0.3, 0.4) is 0 Å². The quantitative estimate of drug-likeness (QED) is 0.781. The molecule has 0 aliphatic carbocycles. The maximum absolute atomic E-state index is 13.0. The SMILES string of the molecule is CC(C)n1cnnc1CNc1nc(C(F)F)nc2ccccc12. The second-order valence-corrected chi connectivity index (χ2v) is 5.35. The molecule has 0 unspecified atom stereocenters. The lowest BCUT2D eigenvalue weighted by molar-refractivity contribution is 0.141. The van der Waals surface area contributed by atoms with Crippen LogP contribution in [0.25, 0.3) is 10.9 Å². The normalized spacial score (nSPS) is 11.6. The number of hydrogen-bond donors (Lipinski definition) is 1. The van der Waals surface area contributed by atoms with Crippen LogP contribution >= 0.6 is 0 Å². The van der Waals surface area contributed by atoms with Crippen molar-refractivity contribution in [1.29, 1.82) is 0 Å². The Morgan fingerprint density at radius 1 is 1.17 bits per heavy atom. The van der Waals surface area contributed by atoms with Gasteiger partial charge in [-0.05, 0) is 26.0 Å². The Balaban J connectivity index is 1.94. The first-order valence-electron chi connectivity index (χ1n) is 7.23. The maximum atomic E-state index is 13.0. The van der Waals surface area contributed by atoms with Gasteiger partial charge in [0.2, 0.25) is 0 Å². The van der Waals surface area contributed by atoms with Crippen molar-refractivity contribution in [2.24, 2.45) is 0 Å². The molecule has 6 nitrogen and oxygen atoms in total. The third-order valence-electron chi connectivity index (χ3n) is 3.43. The summed E-state index contributed by atoms with van der Waals surface area (Å²) in [5.41, 5.74) is 0.477. The fourth-order valence-corrected chi connectivity index (χ4v) is 2.31. The molecule has 23 heavy (non-hydrogen) atoms. The molecule has 8 heteroatoms. The average Bonchev–Trinajstić information content (AvgIpc) is 3.01. The number of halogens is 2. The van der Waals surface area contributed by atoms with Gasteiger partial charge in [-0.15, -0.1) is 10.2 Å². The number of rotatable bonds is 5. The Bertz CT molecular complexity index is 815. The van der Waals surface area contributed by atoms with E-state index in [4.69, 9.17) is 0 Å². The molecule has 2 heterocycles. The molecule has 120 valence electrons. The number of alkyl halides is 2. The zero-order valence-electron chi connectivity index (χ0n) is 12.7. The molecule has 0 spiro atoms. The molecule has 0 fully saturated rings. The molecular weight excluding hydrogens is 302 g/mol. The summed E-state index contributed by atoms with van der Waals surface area (Å²) >= 11 is 0. The minimum absolute atomic E-state index is 0.209. The molecule has 0 radical (unpaired) electrons. The summed E-state index contributed by atoms with van der Waals surface area (Å²) < 4.78 is 27.9. The van der Waals surface area contributed by atoms with E-state index in [2.05, 4.69) is 25.5 Å². The predicted octanol–water partition coefficient (Wildman–Crippen LogP) is 3.35. The third-order valence-corrected chi connectivity index (χ3v) is 3.43. The van der Waals surface area contributed by atoms with E-state index in [1.54, 1.807) is 24.5 Å². The van der Waals surface area contributed by atoms with Gasteiger partial charge in [0.1, 0.15) is 12.1 Å². The van der Waals surface area contributed by atoms with Crippen molar-refractivity contribution in [3.05, 3.63) is 42.2 Å². The van der Waals surface area contributed by atoms with Crippen molar-refractivity contribution in [2.45, 2.75) is 32.9 Å². The molecule has 1 aromatic carbocycles. The molecule has 0 aliphatic heterocycles. The summed E-state index contributed by atoms with van der Waals surface area (Å²) in [6.45, 7) is 4.37.